The van der Waals surface area contributed by atoms with Crippen molar-refractivity contribution in [3.8, 4) is 23.0 Å². The van der Waals surface area contributed by atoms with E-state index in [1.807, 2.05) is 20.8 Å². The van der Waals surface area contributed by atoms with Crippen molar-refractivity contribution < 1.29 is 28.5 Å². The van der Waals surface area contributed by atoms with Crippen molar-refractivity contribution >= 4 is 27.5 Å². The van der Waals surface area contributed by atoms with Crippen LogP contribution in [0.4, 0.5) is 14.6 Å². The summed E-state index contributed by atoms with van der Waals surface area (Å²) in [6, 6.07) is 7.01. The van der Waals surface area contributed by atoms with E-state index < -0.39 is 11.6 Å². The van der Waals surface area contributed by atoms with Gasteiger partial charge in [0, 0.05) is 42.4 Å². The molecule has 2 aromatic carbocycles. The van der Waals surface area contributed by atoms with Gasteiger partial charge < -0.3 is 24.6 Å². The van der Waals surface area contributed by atoms with Crippen LogP contribution in [0.25, 0.3) is 32.9 Å². The standard InChI is InChI=1S/C42H53F2N5O4.C2H6/c1-3-5-18-48(26-50)39-32-23-45-37(31-22-29(51)21-27-9-10-33(43)30(4-2)35(27)31)36(44)38(32)46-40(47-39)53-25-42-13-6-8-34(42)49(19-7-14-42)28-11-15-41(16-12-28)17-20-52-24-41;1-2/h9-10,21-23,28,34,50-51H,3-8,11-20,24-26H2,1-2H3;1-2H3. The molecule has 0 radical (unpaired) electrons. The van der Waals surface area contributed by atoms with Crippen LogP contribution >= 0.6 is 0 Å². The minimum absolute atomic E-state index is 0.00802. The van der Waals surface area contributed by atoms with E-state index in [0.29, 0.717) is 64.6 Å². The predicted octanol–water partition coefficient (Wildman–Crippen LogP) is 9.34. The van der Waals surface area contributed by atoms with Gasteiger partial charge in [-0.1, -0.05) is 46.6 Å². The number of likely N-dealkylation sites (tertiary alicyclic amines) is 1. The third-order valence-electron chi connectivity index (χ3n) is 13.2. The highest BCUT2D eigenvalue weighted by molar-refractivity contribution is 6.01. The maximum absolute atomic E-state index is 17.0. The Morgan fingerprint density at radius 2 is 1.82 bits per heavy atom. The van der Waals surface area contributed by atoms with E-state index in [2.05, 4.69) is 16.8 Å². The highest BCUT2D eigenvalue weighted by atomic mass is 19.1. The lowest BCUT2D eigenvalue weighted by Gasteiger charge is -2.51. The summed E-state index contributed by atoms with van der Waals surface area (Å²) in [5, 5.41) is 22.6. The number of nitrogens with zero attached hydrogens (tertiary/aromatic N) is 5. The number of aromatic nitrogens is 3. The molecule has 0 bridgehead atoms. The Morgan fingerprint density at radius 1 is 1.02 bits per heavy atom. The van der Waals surface area contributed by atoms with E-state index in [0.717, 1.165) is 64.7 Å². The average Bonchev–Trinajstić information content (AvgIpc) is 3.86. The number of phenolic OH excluding ortho intramolecular Hbond substituents is 1. The van der Waals surface area contributed by atoms with Crippen LogP contribution in [-0.2, 0) is 11.2 Å². The summed E-state index contributed by atoms with van der Waals surface area (Å²) in [6.07, 6.45) is 15.3. The second kappa shape index (κ2) is 16.8. The van der Waals surface area contributed by atoms with Gasteiger partial charge in [0.05, 0.1) is 18.6 Å². The Bertz CT molecular complexity index is 1960. The zero-order valence-electron chi connectivity index (χ0n) is 33.2. The van der Waals surface area contributed by atoms with E-state index >= 15 is 8.78 Å². The highest BCUT2D eigenvalue weighted by Gasteiger charge is 2.51. The molecule has 55 heavy (non-hydrogen) atoms. The molecule has 1 spiro atoms. The van der Waals surface area contributed by atoms with Crippen LogP contribution in [0.15, 0.2) is 30.5 Å². The lowest BCUT2D eigenvalue weighted by Crippen LogP contribution is -2.56. The van der Waals surface area contributed by atoms with Gasteiger partial charge in [-0.3, -0.25) is 9.88 Å². The molecule has 9 nitrogen and oxygen atoms in total. The zero-order valence-corrected chi connectivity index (χ0v) is 33.2. The number of aliphatic hydroxyl groups is 1. The maximum Gasteiger partial charge on any atom is 0.319 e. The van der Waals surface area contributed by atoms with Gasteiger partial charge in [0.15, 0.2) is 5.82 Å². The van der Waals surface area contributed by atoms with Crippen LogP contribution < -0.4 is 9.64 Å². The van der Waals surface area contributed by atoms with Gasteiger partial charge in [0.25, 0.3) is 0 Å². The number of rotatable bonds is 11. The van der Waals surface area contributed by atoms with Crippen LogP contribution in [0, 0.1) is 22.5 Å². The Hall–Kier alpha value is -3.67. The van der Waals surface area contributed by atoms with Gasteiger partial charge in [-0.15, -0.1) is 0 Å². The molecule has 2 unspecified atom stereocenters. The predicted molar refractivity (Wildman–Crippen MR) is 214 cm³/mol. The number of aliphatic hydroxyl groups excluding tert-OH is 1. The van der Waals surface area contributed by atoms with Crippen molar-refractivity contribution in [2.45, 2.75) is 123 Å². The molecule has 2 saturated carbocycles. The van der Waals surface area contributed by atoms with Gasteiger partial charge in [0.2, 0.25) is 0 Å². The van der Waals surface area contributed by atoms with Crippen molar-refractivity contribution in [2.75, 3.05) is 44.5 Å². The average molecular weight is 760 g/mol. The van der Waals surface area contributed by atoms with Gasteiger partial charge in [-0.2, -0.15) is 9.97 Å². The number of piperidine rings is 1. The topological polar surface area (TPSA) is 104 Å². The second-order valence-corrected chi connectivity index (χ2v) is 16.2. The normalized spacial score (nSPS) is 25.3. The molecule has 298 valence electrons. The molecule has 4 fully saturated rings. The van der Waals surface area contributed by atoms with Crippen molar-refractivity contribution in [1.29, 1.82) is 0 Å². The molecule has 8 rings (SSSR count). The quantitative estimate of drug-likeness (QED) is 0.145. The molecule has 0 amide bonds. The fourth-order valence-electron chi connectivity index (χ4n) is 10.3. The van der Waals surface area contributed by atoms with E-state index in [9.17, 15) is 10.2 Å². The first-order chi connectivity index (χ1) is 26.8. The van der Waals surface area contributed by atoms with Gasteiger partial charge >= 0.3 is 6.01 Å². The molecule has 2 saturated heterocycles. The highest BCUT2D eigenvalue weighted by Crippen LogP contribution is 2.51. The number of halogens is 2. The molecule has 2 aliphatic heterocycles. The Morgan fingerprint density at radius 3 is 2.55 bits per heavy atom. The van der Waals surface area contributed by atoms with E-state index in [1.54, 1.807) is 17.0 Å². The number of anilines is 1. The van der Waals surface area contributed by atoms with Crippen molar-refractivity contribution in [1.82, 2.24) is 19.9 Å². The molecular formula is C44H59F2N5O4. The summed E-state index contributed by atoms with van der Waals surface area (Å²) < 4.78 is 44.5. The molecule has 4 aromatic rings. The second-order valence-electron chi connectivity index (χ2n) is 16.2. The van der Waals surface area contributed by atoms with Crippen molar-refractivity contribution in [2.24, 2.45) is 10.8 Å². The molecule has 2 atom stereocenters. The fourth-order valence-corrected chi connectivity index (χ4v) is 10.3. The van der Waals surface area contributed by atoms with E-state index in [-0.39, 0.29) is 40.7 Å². The summed E-state index contributed by atoms with van der Waals surface area (Å²) in [4.78, 5) is 18.6. The molecule has 11 heteroatoms. The number of benzene rings is 2. The maximum atomic E-state index is 17.0. The lowest BCUT2D eigenvalue weighted by atomic mass is 9.69. The summed E-state index contributed by atoms with van der Waals surface area (Å²) in [7, 11) is 0. The van der Waals surface area contributed by atoms with E-state index in [4.69, 9.17) is 19.4 Å². The first-order valence-corrected chi connectivity index (χ1v) is 20.9. The number of hydrogen-bond donors (Lipinski definition) is 2. The first-order valence-electron chi connectivity index (χ1n) is 20.9. The lowest BCUT2D eigenvalue weighted by molar-refractivity contribution is -0.0405. The monoisotopic (exact) mass is 759 g/mol. The number of unbranched alkanes of at least 4 members (excludes halogenated alkanes) is 1. The smallest absolute Gasteiger partial charge is 0.319 e. The largest absolute Gasteiger partial charge is 0.508 e. The van der Waals surface area contributed by atoms with Crippen LogP contribution in [0.2, 0.25) is 0 Å². The number of hydrogen-bond acceptors (Lipinski definition) is 9. The van der Waals surface area contributed by atoms with E-state index in [1.165, 1.54) is 50.4 Å². The molecular weight excluding hydrogens is 701 g/mol. The van der Waals surface area contributed by atoms with Gasteiger partial charge in [0.1, 0.15) is 35.3 Å². The van der Waals surface area contributed by atoms with Crippen molar-refractivity contribution in [3.63, 3.8) is 0 Å². The zero-order chi connectivity index (χ0) is 38.7. The van der Waals surface area contributed by atoms with Crippen molar-refractivity contribution in [3.05, 3.63) is 47.7 Å². The minimum Gasteiger partial charge on any atom is -0.508 e. The molecule has 2 aliphatic carbocycles. The third kappa shape index (κ3) is 7.48. The van der Waals surface area contributed by atoms with Gasteiger partial charge in [-0.25, -0.2) is 8.78 Å². The number of fused-ring (bicyclic) bond motifs is 3. The molecule has 4 heterocycles. The number of pyridine rings is 1. The summed E-state index contributed by atoms with van der Waals surface area (Å²) >= 11 is 0. The fraction of sp³-hybridized carbons (Fsp3) is 0.614. The Kier molecular flexibility index (Phi) is 12.1. The minimum atomic E-state index is -0.717. The number of aryl methyl sites for hydroxylation is 1. The number of phenols is 1. The summed E-state index contributed by atoms with van der Waals surface area (Å²) in [6.45, 7) is 11.5. The SMILES string of the molecule is CC.CCCCN(CO)c1nc(OCC23CCCC2N(C2CCC4(CCOC4)CC2)CCC3)nc2c(F)c(-c3cc(O)cc4ccc(F)c(CC)c34)ncc12. The summed E-state index contributed by atoms with van der Waals surface area (Å²) in [5.41, 5.74) is 1.02. The molecule has 4 aliphatic rings. The van der Waals surface area contributed by atoms with Crippen LogP contribution in [0.5, 0.6) is 11.8 Å². The molecule has 2 N–H and O–H groups in total. The molecule has 2 aromatic heterocycles. The summed E-state index contributed by atoms with van der Waals surface area (Å²) in [5.74, 6) is -0.832. The van der Waals surface area contributed by atoms with Crippen LogP contribution in [0.1, 0.15) is 110 Å². The number of aromatic hydroxyl groups is 1. The van der Waals surface area contributed by atoms with Crippen LogP contribution in [-0.4, -0.2) is 81.8 Å². The number of ether oxygens (including phenoxy) is 2. The third-order valence-corrected chi connectivity index (χ3v) is 13.2. The van der Waals surface area contributed by atoms with Crippen LogP contribution in [0.3, 0.4) is 0 Å². The Balaban J connectivity index is 0.00000229. The Labute approximate surface area is 324 Å². The van der Waals surface area contributed by atoms with Gasteiger partial charge in [-0.05, 0) is 117 Å². The first kappa shape index (κ1) is 39.6.